The molecule has 1 amide bonds. The summed E-state index contributed by atoms with van der Waals surface area (Å²) < 4.78 is 16.0. The van der Waals surface area contributed by atoms with Crippen LogP contribution in [0.5, 0.6) is 11.5 Å². The van der Waals surface area contributed by atoms with Crippen molar-refractivity contribution in [3.63, 3.8) is 0 Å². The van der Waals surface area contributed by atoms with E-state index in [9.17, 15) is 4.79 Å². The first-order chi connectivity index (χ1) is 10.8. The topological polar surface area (TPSA) is 56.8 Å². The van der Waals surface area contributed by atoms with E-state index in [1.54, 1.807) is 14.2 Å². The number of hydrogen-bond donors (Lipinski definition) is 1. The van der Waals surface area contributed by atoms with E-state index in [1.165, 1.54) is 0 Å². The molecule has 5 heteroatoms. The molecule has 1 fully saturated rings. The van der Waals surface area contributed by atoms with Gasteiger partial charge in [0.1, 0.15) is 5.60 Å². The predicted molar refractivity (Wildman–Crippen MR) is 89.2 cm³/mol. The fraction of sp³-hybridized carbons (Fsp3) is 0.611. The molecule has 0 aliphatic heterocycles. The maximum Gasteiger partial charge on any atom is 0.408 e. The summed E-state index contributed by atoms with van der Waals surface area (Å²) in [5.74, 6) is 1.41. The highest BCUT2D eigenvalue weighted by Gasteiger charge is 2.39. The summed E-state index contributed by atoms with van der Waals surface area (Å²) in [7, 11) is 3.24. The van der Waals surface area contributed by atoms with E-state index in [2.05, 4.69) is 5.32 Å². The number of rotatable bonds is 5. The van der Waals surface area contributed by atoms with Gasteiger partial charge < -0.3 is 19.5 Å². The zero-order valence-corrected chi connectivity index (χ0v) is 14.7. The number of methoxy groups -OCH3 is 2. The van der Waals surface area contributed by atoms with Crippen molar-refractivity contribution >= 4 is 6.09 Å². The van der Waals surface area contributed by atoms with Gasteiger partial charge in [0.15, 0.2) is 11.5 Å². The number of alkyl carbamates (subject to hydrolysis) is 1. The van der Waals surface area contributed by atoms with Crippen LogP contribution in [0.2, 0.25) is 0 Å². The standard InChI is InChI=1S/C18H27NO4/c1-17(2,3)23-16(20)19-18(9-6-10-18)12-13-7-8-14(21-4)15(11-13)22-5/h7-8,11H,6,9-10,12H2,1-5H3,(H,19,20). The van der Waals surface area contributed by atoms with Crippen LogP contribution in [0.25, 0.3) is 0 Å². The van der Waals surface area contributed by atoms with Gasteiger partial charge in [0.2, 0.25) is 0 Å². The average Bonchev–Trinajstić information content (AvgIpc) is 2.42. The molecule has 1 N–H and O–H groups in total. The van der Waals surface area contributed by atoms with Crippen molar-refractivity contribution in [3.8, 4) is 11.5 Å². The lowest BCUT2D eigenvalue weighted by Gasteiger charge is -2.43. The molecule has 1 aromatic rings. The summed E-state index contributed by atoms with van der Waals surface area (Å²) in [6.07, 6.45) is 3.44. The van der Waals surface area contributed by atoms with Crippen molar-refractivity contribution in [1.82, 2.24) is 5.32 Å². The molecule has 2 rings (SSSR count). The van der Waals surface area contributed by atoms with Gasteiger partial charge in [-0.15, -0.1) is 0 Å². The monoisotopic (exact) mass is 321 g/mol. The van der Waals surface area contributed by atoms with Crippen LogP contribution in [0.1, 0.15) is 45.6 Å². The molecule has 1 saturated carbocycles. The Kier molecular flexibility index (Phi) is 5.07. The third-order valence-corrected chi connectivity index (χ3v) is 4.07. The van der Waals surface area contributed by atoms with Gasteiger partial charge in [-0.3, -0.25) is 0 Å². The van der Waals surface area contributed by atoms with Crippen molar-refractivity contribution in [2.24, 2.45) is 0 Å². The van der Waals surface area contributed by atoms with Crippen molar-refractivity contribution in [2.45, 2.75) is 57.6 Å². The van der Waals surface area contributed by atoms with E-state index in [0.29, 0.717) is 11.5 Å². The zero-order chi connectivity index (χ0) is 17.1. The van der Waals surface area contributed by atoms with Gasteiger partial charge in [-0.1, -0.05) is 6.07 Å². The van der Waals surface area contributed by atoms with Crippen LogP contribution in [0, 0.1) is 0 Å². The molecule has 0 heterocycles. The SMILES string of the molecule is COc1ccc(CC2(NC(=O)OC(C)(C)C)CCC2)cc1OC. The van der Waals surface area contributed by atoms with Gasteiger partial charge in [-0.2, -0.15) is 0 Å². The van der Waals surface area contributed by atoms with E-state index in [1.807, 2.05) is 39.0 Å². The summed E-state index contributed by atoms with van der Waals surface area (Å²) >= 11 is 0. The Morgan fingerprint density at radius 1 is 1.17 bits per heavy atom. The number of carbonyl (C=O) groups is 1. The maximum atomic E-state index is 12.1. The van der Waals surface area contributed by atoms with Gasteiger partial charge >= 0.3 is 6.09 Å². The Balaban J connectivity index is 2.08. The third kappa shape index (κ3) is 4.53. The highest BCUT2D eigenvalue weighted by Crippen LogP contribution is 2.37. The molecule has 0 radical (unpaired) electrons. The zero-order valence-electron chi connectivity index (χ0n) is 14.7. The average molecular weight is 321 g/mol. The Bertz CT molecular complexity index is 559. The minimum atomic E-state index is -0.488. The Morgan fingerprint density at radius 2 is 1.83 bits per heavy atom. The van der Waals surface area contributed by atoms with Crippen LogP contribution in [-0.2, 0) is 11.2 Å². The van der Waals surface area contributed by atoms with Crippen molar-refractivity contribution < 1.29 is 19.0 Å². The second kappa shape index (κ2) is 6.69. The van der Waals surface area contributed by atoms with Crippen LogP contribution >= 0.6 is 0 Å². The smallest absolute Gasteiger partial charge is 0.408 e. The molecule has 1 aliphatic rings. The van der Waals surface area contributed by atoms with Crippen LogP contribution in [0.4, 0.5) is 4.79 Å². The molecule has 0 bridgehead atoms. The lowest BCUT2D eigenvalue weighted by atomic mass is 9.73. The van der Waals surface area contributed by atoms with E-state index < -0.39 is 5.60 Å². The number of benzene rings is 1. The third-order valence-electron chi connectivity index (χ3n) is 4.07. The molecule has 5 nitrogen and oxygen atoms in total. The Hall–Kier alpha value is -1.91. The summed E-state index contributed by atoms with van der Waals surface area (Å²) in [5.41, 5.74) is 0.402. The van der Waals surface area contributed by atoms with Crippen LogP contribution < -0.4 is 14.8 Å². The Morgan fingerprint density at radius 3 is 2.30 bits per heavy atom. The fourth-order valence-corrected chi connectivity index (χ4v) is 2.85. The molecular weight excluding hydrogens is 294 g/mol. The minimum Gasteiger partial charge on any atom is -0.493 e. The minimum absolute atomic E-state index is 0.220. The predicted octanol–water partition coefficient (Wildman–Crippen LogP) is 3.69. The van der Waals surface area contributed by atoms with Gasteiger partial charge in [-0.05, 0) is 64.2 Å². The highest BCUT2D eigenvalue weighted by molar-refractivity contribution is 5.69. The number of amides is 1. The molecule has 0 saturated heterocycles. The van der Waals surface area contributed by atoms with Gasteiger partial charge in [0.25, 0.3) is 0 Å². The summed E-state index contributed by atoms with van der Waals surface area (Å²) in [5, 5.41) is 3.07. The second-order valence-corrected chi connectivity index (χ2v) is 7.13. The molecule has 1 aromatic carbocycles. The van der Waals surface area contributed by atoms with Crippen LogP contribution in [0.3, 0.4) is 0 Å². The molecule has 23 heavy (non-hydrogen) atoms. The molecule has 0 unspecified atom stereocenters. The first-order valence-corrected chi connectivity index (χ1v) is 7.99. The maximum absolute atomic E-state index is 12.1. The van der Waals surface area contributed by atoms with Crippen LogP contribution in [0.15, 0.2) is 18.2 Å². The molecule has 128 valence electrons. The number of nitrogens with one attached hydrogen (secondary N) is 1. The Labute approximate surface area is 138 Å². The quantitative estimate of drug-likeness (QED) is 0.898. The lowest BCUT2D eigenvalue weighted by Crippen LogP contribution is -2.56. The molecular formula is C18H27NO4. The molecule has 0 aromatic heterocycles. The van der Waals surface area contributed by atoms with E-state index in [0.717, 1.165) is 31.2 Å². The van der Waals surface area contributed by atoms with E-state index in [4.69, 9.17) is 14.2 Å². The number of hydrogen-bond acceptors (Lipinski definition) is 4. The van der Waals surface area contributed by atoms with E-state index in [-0.39, 0.29) is 11.6 Å². The number of ether oxygens (including phenoxy) is 3. The van der Waals surface area contributed by atoms with Crippen molar-refractivity contribution in [1.29, 1.82) is 0 Å². The van der Waals surface area contributed by atoms with Gasteiger partial charge in [-0.25, -0.2) is 4.79 Å². The van der Waals surface area contributed by atoms with Gasteiger partial charge in [0, 0.05) is 5.54 Å². The van der Waals surface area contributed by atoms with Crippen molar-refractivity contribution in [2.75, 3.05) is 14.2 Å². The van der Waals surface area contributed by atoms with E-state index >= 15 is 0 Å². The van der Waals surface area contributed by atoms with Crippen LogP contribution in [-0.4, -0.2) is 31.5 Å². The normalized spacial score (nSPS) is 16.2. The first-order valence-electron chi connectivity index (χ1n) is 7.99. The largest absolute Gasteiger partial charge is 0.493 e. The van der Waals surface area contributed by atoms with Crippen molar-refractivity contribution in [3.05, 3.63) is 23.8 Å². The summed E-state index contributed by atoms with van der Waals surface area (Å²) in [6, 6.07) is 5.88. The lowest BCUT2D eigenvalue weighted by molar-refractivity contribution is 0.0383. The number of carbonyl (C=O) groups excluding carboxylic acids is 1. The highest BCUT2D eigenvalue weighted by atomic mass is 16.6. The first kappa shape index (κ1) is 17.4. The molecule has 1 aliphatic carbocycles. The second-order valence-electron chi connectivity index (χ2n) is 7.13. The van der Waals surface area contributed by atoms with Gasteiger partial charge in [0.05, 0.1) is 14.2 Å². The molecule has 0 atom stereocenters. The fourth-order valence-electron chi connectivity index (χ4n) is 2.85. The summed E-state index contributed by atoms with van der Waals surface area (Å²) in [4.78, 5) is 12.1. The summed E-state index contributed by atoms with van der Waals surface area (Å²) in [6.45, 7) is 5.61. The molecule has 0 spiro atoms.